The van der Waals surface area contributed by atoms with Crippen molar-refractivity contribution in [1.82, 2.24) is 4.98 Å². The third-order valence-electron chi connectivity index (χ3n) is 5.20. The van der Waals surface area contributed by atoms with Crippen molar-refractivity contribution in [2.24, 2.45) is 0 Å². The minimum absolute atomic E-state index is 0.133. The molecule has 1 N–H and O–H groups in total. The minimum Gasteiger partial charge on any atom is -0.486 e. The molecule has 1 aliphatic rings. The van der Waals surface area contributed by atoms with Crippen LogP contribution in [0.1, 0.15) is 5.56 Å². The van der Waals surface area contributed by atoms with Crippen LogP contribution >= 0.6 is 0 Å². The van der Waals surface area contributed by atoms with Crippen LogP contribution in [-0.4, -0.2) is 29.3 Å². The lowest BCUT2D eigenvalue weighted by atomic mass is 9.90. The van der Waals surface area contributed by atoms with Crippen molar-refractivity contribution < 1.29 is 19.4 Å². The van der Waals surface area contributed by atoms with Crippen LogP contribution in [0.3, 0.4) is 0 Å². The Hall–Kier alpha value is -3.86. The Balaban J connectivity index is 1.83. The van der Waals surface area contributed by atoms with E-state index in [9.17, 15) is 9.90 Å². The first-order chi connectivity index (χ1) is 14.7. The van der Waals surface area contributed by atoms with Gasteiger partial charge in [-0.25, -0.2) is 4.98 Å². The van der Waals surface area contributed by atoms with Crippen LogP contribution in [0.5, 0.6) is 11.5 Å². The summed E-state index contributed by atoms with van der Waals surface area (Å²) in [4.78, 5) is 16.7. The molecule has 1 aliphatic heterocycles. The number of fused-ring (bicyclic) bond motifs is 2. The SMILES string of the molecule is O=C(O)Cc1c(-c2ccc3c(c2)OCCO3)nc2ccccc2c1-c1ccccc1. The summed E-state index contributed by atoms with van der Waals surface area (Å²) in [5, 5.41) is 10.6. The van der Waals surface area contributed by atoms with E-state index in [-0.39, 0.29) is 6.42 Å². The van der Waals surface area contributed by atoms with E-state index in [1.165, 1.54) is 0 Å². The van der Waals surface area contributed by atoms with Crippen molar-refractivity contribution in [3.63, 3.8) is 0 Å². The molecule has 5 heteroatoms. The molecule has 0 saturated carbocycles. The molecule has 0 saturated heterocycles. The number of hydrogen-bond donors (Lipinski definition) is 1. The molecule has 0 spiro atoms. The highest BCUT2D eigenvalue weighted by molar-refractivity contribution is 6.00. The number of rotatable bonds is 4. The smallest absolute Gasteiger partial charge is 0.307 e. The van der Waals surface area contributed by atoms with E-state index in [1.54, 1.807) is 0 Å². The standard InChI is InChI=1S/C25H19NO4/c27-23(28)15-19-24(16-6-2-1-3-7-16)18-8-4-5-9-20(18)26-25(19)17-10-11-21-22(14-17)30-13-12-29-21/h1-11,14H,12-13,15H2,(H,27,28). The van der Waals surface area contributed by atoms with Gasteiger partial charge in [-0.15, -0.1) is 0 Å². The molecule has 4 aromatic rings. The van der Waals surface area contributed by atoms with Crippen LogP contribution in [0.25, 0.3) is 33.3 Å². The molecule has 0 fully saturated rings. The molecule has 0 unspecified atom stereocenters. The van der Waals surface area contributed by atoms with Crippen molar-refractivity contribution in [1.29, 1.82) is 0 Å². The maximum Gasteiger partial charge on any atom is 0.307 e. The molecule has 148 valence electrons. The molecular weight excluding hydrogens is 378 g/mol. The summed E-state index contributed by atoms with van der Waals surface area (Å²) in [6.45, 7) is 1.00. The van der Waals surface area contributed by atoms with Gasteiger partial charge in [-0.3, -0.25) is 4.79 Å². The topological polar surface area (TPSA) is 68.7 Å². The van der Waals surface area contributed by atoms with Gasteiger partial charge < -0.3 is 14.6 Å². The molecule has 5 rings (SSSR count). The largest absolute Gasteiger partial charge is 0.486 e. The van der Waals surface area contributed by atoms with Crippen molar-refractivity contribution in [2.75, 3.05) is 13.2 Å². The zero-order valence-electron chi connectivity index (χ0n) is 16.2. The highest BCUT2D eigenvalue weighted by Gasteiger charge is 2.21. The first-order valence-corrected chi connectivity index (χ1v) is 9.79. The van der Waals surface area contributed by atoms with Gasteiger partial charge in [0, 0.05) is 10.9 Å². The van der Waals surface area contributed by atoms with Crippen molar-refractivity contribution in [2.45, 2.75) is 6.42 Å². The Morgan fingerprint density at radius 1 is 0.867 bits per heavy atom. The number of carbonyl (C=O) groups is 1. The van der Waals surface area contributed by atoms with E-state index in [1.807, 2.05) is 72.8 Å². The van der Waals surface area contributed by atoms with E-state index < -0.39 is 5.97 Å². The molecular formula is C25H19NO4. The second kappa shape index (κ2) is 7.52. The number of benzene rings is 3. The average molecular weight is 397 g/mol. The maximum absolute atomic E-state index is 11.8. The summed E-state index contributed by atoms with van der Waals surface area (Å²) in [5.74, 6) is 0.438. The molecule has 30 heavy (non-hydrogen) atoms. The normalized spacial score (nSPS) is 12.7. The number of ether oxygens (including phenoxy) is 2. The Morgan fingerprint density at radius 2 is 1.60 bits per heavy atom. The van der Waals surface area contributed by atoms with Crippen LogP contribution in [0.4, 0.5) is 0 Å². The van der Waals surface area contributed by atoms with Gasteiger partial charge >= 0.3 is 5.97 Å². The number of hydrogen-bond acceptors (Lipinski definition) is 4. The van der Waals surface area contributed by atoms with E-state index in [0.717, 1.165) is 27.6 Å². The fourth-order valence-corrected chi connectivity index (χ4v) is 3.94. The third kappa shape index (κ3) is 3.24. The number of carboxylic acid groups (broad SMARTS) is 1. The third-order valence-corrected chi connectivity index (χ3v) is 5.20. The van der Waals surface area contributed by atoms with Crippen LogP contribution < -0.4 is 9.47 Å². The van der Waals surface area contributed by atoms with E-state index >= 15 is 0 Å². The second-order valence-corrected chi connectivity index (χ2v) is 7.13. The van der Waals surface area contributed by atoms with Gasteiger partial charge in [0.15, 0.2) is 11.5 Å². The summed E-state index contributed by atoms with van der Waals surface area (Å²) in [6.07, 6.45) is -0.133. The molecule has 3 aromatic carbocycles. The Kier molecular flexibility index (Phi) is 4.56. The van der Waals surface area contributed by atoms with Crippen molar-refractivity contribution in [3.05, 3.63) is 78.4 Å². The lowest BCUT2D eigenvalue weighted by molar-refractivity contribution is -0.136. The molecule has 1 aromatic heterocycles. The quantitative estimate of drug-likeness (QED) is 0.527. The summed E-state index contributed by atoms with van der Waals surface area (Å²) < 4.78 is 11.4. The van der Waals surface area contributed by atoms with Gasteiger partial charge in [0.05, 0.1) is 17.6 Å². The predicted octanol–water partition coefficient (Wildman–Crippen LogP) is 4.97. The van der Waals surface area contributed by atoms with Gasteiger partial charge in [-0.05, 0) is 41.0 Å². The number of aliphatic carboxylic acids is 1. The molecule has 0 aliphatic carbocycles. The Bertz CT molecular complexity index is 1250. The number of aromatic nitrogens is 1. The monoisotopic (exact) mass is 397 g/mol. The first kappa shape index (κ1) is 18.2. The van der Waals surface area contributed by atoms with Gasteiger partial charge in [0.2, 0.25) is 0 Å². The number of nitrogens with zero attached hydrogens (tertiary/aromatic N) is 1. The summed E-state index contributed by atoms with van der Waals surface area (Å²) >= 11 is 0. The lowest BCUT2D eigenvalue weighted by Crippen LogP contribution is -2.15. The highest BCUT2D eigenvalue weighted by atomic mass is 16.6. The van der Waals surface area contributed by atoms with Gasteiger partial charge in [0.25, 0.3) is 0 Å². The molecule has 0 amide bonds. The zero-order valence-corrected chi connectivity index (χ0v) is 16.2. The average Bonchev–Trinajstić information content (AvgIpc) is 2.78. The molecule has 5 nitrogen and oxygen atoms in total. The second-order valence-electron chi connectivity index (χ2n) is 7.13. The van der Waals surface area contributed by atoms with Crippen molar-refractivity contribution >= 4 is 16.9 Å². The van der Waals surface area contributed by atoms with Crippen LogP contribution in [-0.2, 0) is 11.2 Å². The Morgan fingerprint density at radius 3 is 2.40 bits per heavy atom. The summed E-state index contributed by atoms with van der Waals surface area (Å²) in [5.41, 5.74) is 4.81. The van der Waals surface area contributed by atoms with E-state index in [2.05, 4.69) is 0 Å². The summed E-state index contributed by atoms with van der Waals surface area (Å²) in [7, 11) is 0. The zero-order chi connectivity index (χ0) is 20.5. The van der Waals surface area contributed by atoms with Gasteiger partial charge in [-0.1, -0.05) is 48.5 Å². The minimum atomic E-state index is -0.900. The molecule has 0 radical (unpaired) electrons. The van der Waals surface area contributed by atoms with Crippen LogP contribution in [0.15, 0.2) is 72.8 Å². The van der Waals surface area contributed by atoms with Crippen LogP contribution in [0, 0.1) is 0 Å². The predicted molar refractivity (Wildman–Crippen MR) is 115 cm³/mol. The molecule has 0 bridgehead atoms. The fraction of sp³-hybridized carbons (Fsp3) is 0.120. The van der Waals surface area contributed by atoms with E-state index in [0.29, 0.717) is 36.0 Å². The molecule has 2 heterocycles. The van der Waals surface area contributed by atoms with Gasteiger partial charge in [0.1, 0.15) is 13.2 Å². The van der Waals surface area contributed by atoms with Crippen LogP contribution in [0.2, 0.25) is 0 Å². The maximum atomic E-state index is 11.8. The molecule has 0 atom stereocenters. The van der Waals surface area contributed by atoms with E-state index in [4.69, 9.17) is 14.5 Å². The highest BCUT2D eigenvalue weighted by Crippen LogP contribution is 2.40. The van der Waals surface area contributed by atoms with Crippen molar-refractivity contribution in [3.8, 4) is 33.9 Å². The number of para-hydroxylation sites is 1. The lowest BCUT2D eigenvalue weighted by Gasteiger charge is -2.20. The number of pyridine rings is 1. The first-order valence-electron chi connectivity index (χ1n) is 9.79. The Labute approximate surface area is 173 Å². The van der Waals surface area contributed by atoms with Gasteiger partial charge in [-0.2, -0.15) is 0 Å². The number of carboxylic acids is 1. The fourth-order valence-electron chi connectivity index (χ4n) is 3.94. The summed E-state index contributed by atoms with van der Waals surface area (Å²) in [6, 6.07) is 23.3.